The average Bonchev–Trinajstić information content (AvgIpc) is 3.74. The quantitative estimate of drug-likeness (QED) is 0.214. The molecule has 0 amide bonds. The molecule has 6 aromatic rings. The number of pyridine rings is 1. The molecule has 0 saturated carbocycles. The molecule has 1 aliphatic carbocycles. The van der Waals surface area contributed by atoms with Crippen molar-refractivity contribution in [3.05, 3.63) is 77.2 Å². The lowest BCUT2D eigenvalue weighted by molar-refractivity contribution is 0.271. The molecule has 0 bridgehead atoms. The molecule has 0 atom stereocenters. The van der Waals surface area contributed by atoms with Crippen molar-refractivity contribution in [2.24, 2.45) is 0 Å². The van der Waals surface area contributed by atoms with Gasteiger partial charge in [0.15, 0.2) is 17.1 Å². The van der Waals surface area contributed by atoms with Gasteiger partial charge in [-0.15, -0.1) is 5.10 Å². The van der Waals surface area contributed by atoms with Crippen LogP contribution in [0.25, 0.3) is 39.4 Å². The Hall–Kier alpha value is -4.53. The molecule has 0 unspecified atom stereocenters. The van der Waals surface area contributed by atoms with Gasteiger partial charge in [-0.1, -0.05) is 25.5 Å². The third-order valence-electron chi connectivity index (χ3n) is 7.86. The van der Waals surface area contributed by atoms with E-state index in [0.717, 1.165) is 78.7 Å². The Morgan fingerprint density at radius 1 is 0.976 bits per heavy atom. The van der Waals surface area contributed by atoms with Crippen LogP contribution in [0.1, 0.15) is 61.4 Å². The average molecular weight is 548 g/mol. The fourth-order valence-electron chi connectivity index (χ4n) is 5.82. The van der Waals surface area contributed by atoms with Crippen molar-refractivity contribution >= 4 is 16.7 Å². The highest BCUT2D eigenvalue weighted by Gasteiger charge is 2.25. The van der Waals surface area contributed by atoms with E-state index in [0.29, 0.717) is 35.2 Å². The van der Waals surface area contributed by atoms with Gasteiger partial charge in [0.25, 0.3) is 0 Å². The molecule has 208 valence electrons. The molecule has 9 nitrogen and oxygen atoms in total. The van der Waals surface area contributed by atoms with Gasteiger partial charge >= 0.3 is 0 Å². The largest absolute Gasteiger partial charge is 0.486 e. The predicted octanol–water partition coefficient (Wildman–Crippen LogP) is 6.53. The molecule has 0 saturated heterocycles. The summed E-state index contributed by atoms with van der Waals surface area (Å²) in [6, 6.07) is 12.0. The van der Waals surface area contributed by atoms with Gasteiger partial charge in [0.2, 0.25) is 5.82 Å². The number of aryl methyl sites for hydroxylation is 4. The number of ether oxygens (including phenoxy) is 1. The number of aromatic nitrogens is 7. The monoisotopic (exact) mass is 547 g/mol. The number of fused-ring (bicyclic) bond motifs is 4. The molecule has 1 aromatic carbocycles. The van der Waals surface area contributed by atoms with Crippen molar-refractivity contribution in [3.63, 3.8) is 0 Å². The second-order valence-electron chi connectivity index (χ2n) is 10.7. The van der Waals surface area contributed by atoms with Crippen molar-refractivity contribution in [2.75, 3.05) is 0 Å². The van der Waals surface area contributed by atoms with Gasteiger partial charge < -0.3 is 9.15 Å². The minimum Gasteiger partial charge on any atom is -0.486 e. The second kappa shape index (κ2) is 10.5. The van der Waals surface area contributed by atoms with E-state index in [1.165, 1.54) is 11.1 Å². The molecule has 5 heterocycles. The SMILES string of the molecule is CCCc1ccc(OCc2ccc(-c3nc4c5c(-c6cn(CC)nc6C)c6c(nc5ncn4n3)CCCC6)o2)cc1. The van der Waals surface area contributed by atoms with Gasteiger partial charge in [-0.25, -0.2) is 19.5 Å². The molecule has 0 radical (unpaired) electrons. The Morgan fingerprint density at radius 2 is 1.83 bits per heavy atom. The van der Waals surface area contributed by atoms with Gasteiger partial charge in [0, 0.05) is 29.6 Å². The van der Waals surface area contributed by atoms with Crippen molar-refractivity contribution in [1.29, 1.82) is 0 Å². The fourth-order valence-corrected chi connectivity index (χ4v) is 5.82. The maximum Gasteiger partial charge on any atom is 0.217 e. The van der Waals surface area contributed by atoms with E-state index in [1.54, 1.807) is 10.8 Å². The first-order valence-electron chi connectivity index (χ1n) is 14.5. The normalized spacial score (nSPS) is 13.2. The Morgan fingerprint density at radius 3 is 2.63 bits per heavy atom. The van der Waals surface area contributed by atoms with Crippen LogP contribution in [-0.2, 0) is 32.4 Å². The van der Waals surface area contributed by atoms with Crippen LogP contribution in [0, 0.1) is 6.92 Å². The van der Waals surface area contributed by atoms with Gasteiger partial charge in [0.05, 0.1) is 11.1 Å². The lowest BCUT2D eigenvalue weighted by Gasteiger charge is -2.20. The zero-order valence-corrected chi connectivity index (χ0v) is 23.7. The summed E-state index contributed by atoms with van der Waals surface area (Å²) >= 11 is 0. The van der Waals surface area contributed by atoms with E-state index in [-0.39, 0.29) is 0 Å². The number of hydrogen-bond acceptors (Lipinski definition) is 7. The standard InChI is InChI=1S/C32H33N7O2/c1-4-8-21-11-13-22(14-12-21)40-18-23-15-16-27(41-23)30-35-32-29-28(25-17-38(5-2)36-20(25)3)24-9-6-7-10-26(24)34-31(29)33-19-39(32)37-30/h11-17,19H,4-10,18H2,1-3H3. The molecular weight excluding hydrogens is 514 g/mol. The van der Waals surface area contributed by atoms with E-state index >= 15 is 0 Å². The van der Waals surface area contributed by atoms with Crippen LogP contribution in [0.2, 0.25) is 0 Å². The van der Waals surface area contributed by atoms with E-state index in [1.807, 2.05) is 28.9 Å². The molecule has 0 fully saturated rings. The van der Waals surface area contributed by atoms with Crippen LogP contribution < -0.4 is 4.74 Å². The van der Waals surface area contributed by atoms with E-state index in [4.69, 9.17) is 34.3 Å². The Labute approximate surface area is 238 Å². The molecule has 0 N–H and O–H groups in total. The Bertz CT molecular complexity index is 1860. The first-order chi connectivity index (χ1) is 20.1. The third-order valence-corrected chi connectivity index (χ3v) is 7.86. The lowest BCUT2D eigenvalue weighted by atomic mass is 9.88. The van der Waals surface area contributed by atoms with E-state index < -0.39 is 0 Å². The van der Waals surface area contributed by atoms with Crippen LogP contribution >= 0.6 is 0 Å². The van der Waals surface area contributed by atoms with Crippen LogP contribution in [-0.4, -0.2) is 34.3 Å². The zero-order chi connectivity index (χ0) is 27.9. The molecule has 0 aliphatic heterocycles. The number of furan rings is 1. The van der Waals surface area contributed by atoms with Crippen LogP contribution in [0.4, 0.5) is 0 Å². The summed E-state index contributed by atoms with van der Waals surface area (Å²) in [5.74, 6) is 2.61. The summed E-state index contributed by atoms with van der Waals surface area (Å²) in [5, 5.41) is 10.4. The number of rotatable bonds is 8. The predicted molar refractivity (Wildman–Crippen MR) is 157 cm³/mol. The first-order valence-corrected chi connectivity index (χ1v) is 14.5. The van der Waals surface area contributed by atoms with Crippen molar-refractivity contribution in [1.82, 2.24) is 34.3 Å². The molecule has 5 aromatic heterocycles. The highest BCUT2D eigenvalue weighted by molar-refractivity contribution is 6.04. The van der Waals surface area contributed by atoms with Crippen LogP contribution in [0.15, 0.2) is 53.3 Å². The van der Waals surface area contributed by atoms with E-state index in [2.05, 4.69) is 39.1 Å². The summed E-state index contributed by atoms with van der Waals surface area (Å²) in [6.45, 7) is 7.49. The van der Waals surface area contributed by atoms with Crippen LogP contribution in [0.5, 0.6) is 5.75 Å². The van der Waals surface area contributed by atoms with Gasteiger partial charge in [-0.05, 0) is 81.3 Å². The summed E-state index contributed by atoms with van der Waals surface area (Å²) < 4.78 is 15.8. The highest BCUT2D eigenvalue weighted by atomic mass is 16.5. The molecule has 1 aliphatic rings. The topological polar surface area (TPSA) is 96.2 Å². The summed E-state index contributed by atoms with van der Waals surface area (Å²) in [4.78, 5) is 14.7. The van der Waals surface area contributed by atoms with Gasteiger partial charge in [-0.2, -0.15) is 5.10 Å². The van der Waals surface area contributed by atoms with Gasteiger partial charge in [0.1, 0.15) is 24.4 Å². The molecule has 0 spiro atoms. The van der Waals surface area contributed by atoms with Crippen LogP contribution in [0.3, 0.4) is 0 Å². The second-order valence-corrected chi connectivity index (χ2v) is 10.7. The van der Waals surface area contributed by atoms with Gasteiger partial charge in [-0.3, -0.25) is 4.68 Å². The van der Waals surface area contributed by atoms with Crippen molar-refractivity contribution < 1.29 is 9.15 Å². The zero-order valence-electron chi connectivity index (χ0n) is 23.7. The molecule has 41 heavy (non-hydrogen) atoms. The maximum atomic E-state index is 6.13. The Balaban J connectivity index is 1.27. The highest BCUT2D eigenvalue weighted by Crippen LogP contribution is 2.39. The lowest BCUT2D eigenvalue weighted by Crippen LogP contribution is -2.10. The number of nitrogens with zero attached hydrogens (tertiary/aromatic N) is 7. The molecule has 9 heteroatoms. The van der Waals surface area contributed by atoms with Crippen molar-refractivity contribution in [3.8, 4) is 28.5 Å². The minimum atomic E-state index is 0.325. The molecular formula is C32H33N7O2. The number of benzene rings is 1. The molecule has 7 rings (SSSR count). The fraction of sp³-hybridized carbons (Fsp3) is 0.344. The Kier molecular flexibility index (Phi) is 6.49. The summed E-state index contributed by atoms with van der Waals surface area (Å²) in [6.07, 6.45) is 10.3. The minimum absolute atomic E-state index is 0.325. The maximum absolute atomic E-state index is 6.13. The third kappa shape index (κ3) is 4.65. The summed E-state index contributed by atoms with van der Waals surface area (Å²) in [5.41, 5.74) is 8.37. The van der Waals surface area contributed by atoms with Crippen molar-refractivity contribution in [2.45, 2.75) is 72.4 Å². The first kappa shape index (κ1) is 25.4. The van der Waals surface area contributed by atoms with E-state index in [9.17, 15) is 0 Å². The number of hydrogen-bond donors (Lipinski definition) is 0. The smallest absolute Gasteiger partial charge is 0.217 e. The summed E-state index contributed by atoms with van der Waals surface area (Å²) in [7, 11) is 0.